The second kappa shape index (κ2) is 9.41. The van der Waals surface area contributed by atoms with Crippen molar-refractivity contribution in [3.8, 4) is 23.0 Å². The van der Waals surface area contributed by atoms with Gasteiger partial charge in [-0.2, -0.15) is 0 Å². The van der Waals surface area contributed by atoms with Gasteiger partial charge in [0.15, 0.2) is 11.5 Å². The zero-order valence-electron chi connectivity index (χ0n) is 15.4. The molecule has 2 N–H and O–H groups in total. The predicted octanol–water partition coefficient (Wildman–Crippen LogP) is 3.43. The Kier molecular flexibility index (Phi) is 6.96. The Bertz CT molecular complexity index is 706. The lowest BCUT2D eigenvalue weighted by Gasteiger charge is -2.15. The van der Waals surface area contributed by atoms with E-state index >= 15 is 0 Å². The molecular formula is C19H24N2O5. The molecule has 7 heteroatoms. The summed E-state index contributed by atoms with van der Waals surface area (Å²) in [5, 5.41) is 5.56. The van der Waals surface area contributed by atoms with Crippen molar-refractivity contribution in [2.75, 3.05) is 33.3 Å². The lowest BCUT2D eigenvalue weighted by molar-refractivity contribution is 0.251. The minimum Gasteiger partial charge on any atom is -0.497 e. The van der Waals surface area contributed by atoms with E-state index in [2.05, 4.69) is 10.6 Å². The van der Waals surface area contributed by atoms with E-state index in [0.717, 1.165) is 11.3 Å². The van der Waals surface area contributed by atoms with E-state index in [0.29, 0.717) is 36.1 Å². The third-order valence-corrected chi connectivity index (χ3v) is 3.61. The van der Waals surface area contributed by atoms with E-state index in [1.54, 1.807) is 57.7 Å². The molecule has 0 unspecified atom stereocenters. The molecule has 2 amide bonds. The lowest BCUT2D eigenvalue weighted by Crippen LogP contribution is -2.28. The second-order valence-corrected chi connectivity index (χ2v) is 5.30. The molecule has 0 saturated heterocycles. The highest BCUT2D eigenvalue weighted by molar-refractivity contribution is 5.89. The van der Waals surface area contributed by atoms with Gasteiger partial charge in [-0.15, -0.1) is 0 Å². The first-order valence-electron chi connectivity index (χ1n) is 8.17. The monoisotopic (exact) mass is 360 g/mol. The smallest absolute Gasteiger partial charge is 0.319 e. The van der Waals surface area contributed by atoms with Crippen LogP contribution in [0.2, 0.25) is 0 Å². The molecular weight excluding hydrogens is 336 g/mol. The van der Waals surface area contributed by atoms with Crippen LogP contribution in [-0.4, -0.2) is 34.0 Å². The number of urea groups is 1. The number of carbonyl (C=O) groups is 1. The maximum atomic E-state index is 12.1. The number of hydrogen-bond donors (Lipinski definition) is 2. The van der Waals surface area contributed by atoms with Crippen LogP contribution in [0.1, 0.15) is 12.5 Å². The van der Waals surface area contributed by atoms with Crippen molar-refractivity contribution in [2.24, 2.45) is 0 Å². The summed E-state index contributed by atoms with van der Waals surface area (Å²) in [6, 6.07) is 10.4. The fraction of sp³-hybridized carbons (Fsp3) is 0.316. The zero-order chi connectivity index (χ0) is 18.9. The van der Waals surface area contributed by atoms with Crippen molar-refractivity contribution in [1.29, 1.82) is 0 Å². The van der Waals surface area contributed by atoms with Crippen LogP contribution in [0.15, 0.2) is 36.4 Å². The fourth-order valence-electron chi connectivity index (χ4n) is 2.35. The van der Waals surface area contributed by atoms with Crippen LogP contribution in [0.25, 0.3) is 0 Å². The lowest BCUT2D eigenvalue weighted by atomic mass is 10.2. The molecule has 2 rings (SSSR count). The van der Waals surface area contributed by atoms with Crippen LogP contribution in [0.3, 0.4) is 0 Å². The molecule has 0 saturated carbocycles. The van der Waals surface area contributed by atoms with Gasteiger partial charge < -0.3 is 29.6 Å². The first kappa shape index (κ1) is 19.2. The van der Waals surface area contributed by atoms with Crippen molar-refractivity contribution in [3.05, 3.63) is 42.0 Å². The number of carbonyl (C=O) groups excluding carboxylic acids is 1. The largest absolute Gasteiger partial charge is 0.497 e. The zero-order valence-corrected chi connectivity index (χ0v) is 15.4. The van der Waals surface area contributed by atoms with Crippen molar-refractivity contribution in [3.63, 3.8) is 0 Å². The van der Waals surface area contributed by atoms with E-state index in [1.807, 2.05) is 6.92 Å². The quantitative estimate of drug-likeness (QED) is 0.754. The van der Waals surface area contributed by atoms with Gasteiger partial charge in [-0.1, -0.05) is 0 Å². The van der Waals surface area contributed by atoms with Crippen LogP contribution in [-0.2, 0) is 6.54 Å². The van der Waals surface area contributed by atoms with E-state index in [1.165, 1.54) is 0 Å². The Labute approximate surface area is 153 Å². The van der Waals surface area contributed by atoms with E-state index in [4.69, 9.17) is 18.9 Å². The topological polar surface area (TPSA) is 78.1 Å². The fourth-order valence-corrected chi connectivity index (χ4v) is 2.35. The summed E-state index contributed by atoms with van der Waals surface area (Å²) in [6.07, 6.45) is 0. The maximum Gasteiger partial charge on any atom is 0.319 e. The van der Waals surface area contributed by atoms with Crippen LogP contribution in [0, 0.1) is 0 Å². The highest BCUT2D eigenvalue weighted by atomic mass is 16.5. The first-order chi connectivity index (χ1) is 12.6. The Morgan fingerprint density at radius 2 is 1.58 bits per heavy atom. The number of nitrogens with one attached hydrogen (secondary N) is 2. The highest BCUT2D eigenvalue weighted by Gasteiger charge is 2.14. The summed E-state index contributed by atoms with van der Waals surface area (Å²) >= 11 is 0. The molecule has 26 heavy (non-hydrogen) atoms. The minimum absolute atomic E-state index is 0.307. The normalized spacial score (nSPS) is 10.0. The van der Waals surface area contributed by atoms with Gasteiger partial charge in [-0.25, -0.2) is 4.79 Å². The van der Waals surface area contributed by atoms with Gasteiger partial charge in [0, 0.05) is 12.2 Å². The molecule has 7 nitrogen and oxygen atoms in total. The number of methoxy groups -OCH3 is 3. The first-order valence-corrected chi connectivity index (χ1v) is 8.17. The van der Waals surface area contributed by atoms with Crippen LogP contribution >= 0.6 is 0 Å². The summed E-state index contributed by atoms with van der Waals surface area (Å²) in [4.78, 5) is 12.1. The van der Waals surface area contributed by atoms with Crippen LogP contribution in [0.5, 0.6) is 23.0 Å². The van der Waals surface area contributed by atoms with Gasteiger partial charge in [0.1, 0.15) is 5.75 Å². The van der Waals surface area contributed by atoms with Crippen LogP contribution < -0.4 is 29.6 Å². The van der Waals surface area contributed by atoms with E-state index in [9.17, 15) is 4.79 Å². The molecule has 2 aromatic rings. The van der Waals surface area contributed by atoms with Gasteiger partial charge in [0.2, 0.25) is 5.75 Å². The number of benzene rings is 2. The molecule has 0 atom stereocenters. The predicted molar refractivity (Wildman–Crippen MR) is 99.6 cm³/mol. The number of hydrogen-bond acceptors (Lipinski definition) is 5. The summed E-state index contributed by atoms with van der Waals surface area (Å²) in [7, 11) is 4.71. The van der Waals surface area contributed by atoms with Gasteiger partial charge in [0.05, 0.1) is 27.9 Å². The molecule has 0 fully saturated rings. The average Bonchev–Trinajstić information content (AvgIpc) is 2.67. The number of ether oxygens (including phenoxy) is 4. The highest BCUT2D eigenvalue weighted by Crippen LogP contribution is 2.38. The molecule has 140 valence electrons. The van der Waals surface area contributed by atoms with Crippen molar-refractivity contribution >= 4 is 11.7 Å². The molecule has 0 bridgehead atoms. The Balaban J connectivity index is 2.02. The molecule has 0 aliphatic rings. The SMILES string of the molecule is CCOc1c(OC)cc(CNC(=O)Nc2ccc(OC)cc2)cc1OC. The Morgan fingerprint density at radius 3 is 2.08 bits per heavy atom. The number of anilines is 1. The van der Waals surface area contributed by atoms with Gasteiger partial charge in [-0.05, 0) is 48.9 Å². The third-order valence-electron chi connectivity index (χ3n) is 3.61. The molecule has 0 aliphatic carbocycles. The van der Waals surface area contributed by atoms with Gasteiger partial charge in [-0.3, -0.25) is 0 Å². The molecule has 0 heterocycles. The third kappa shape index (κ3) is 4.95. The average molecular weight is 360 g/mol. The Hall–Kier alpha value is -3.09. The van der Waals surface area contributed by atoms with Gasteiger partial charge >= 0.3 is 6.03 Å². The molecule has 0 spiro atoms. The second-order valence-electron chi connectivity index (χ2n) is 5.30. The van der Waals surface area contributed by atoms with E-state index < -0.39 is 0 Å². The standard InChI is InChI=1S/C19H24N2O5/c1-5-26-18-16(24-3)10-13(11-17(18)25-4)12-20-19(22)21-14-6-8-15(23-2)9-7-14/h6-11H,5,12H2,1-4H3,(H2,20,21,22). The number of amides is 2. The van der Waals surface area contributed by atoms with Crippen molar-refractivity contribution in [1.82, 2.24) is 5.32 Å². The summed E-state index contributed by atoms with van der Waals surface area (Å²) in [6.45, 7) is 2.69. The van der Waals surface area contributed by atoms with Crippen molar-refractivity contribution < 1.29 is 23.7 Å². The molecule has 2 aromatic carbocycles. The Morgan fingerprint density at radius 1 is 0.962 bits per heavy atom. The minimum atomic E-state index is -0.318. The molecule has 0 radical (unpaired) electrons. The van der Waals surface area contributed by atoms with Crippen LogP contribution in [0.4, 0.5) is 10.5 Å². The molecule has 0 aromatic heterocycles. The maximum absolute atomic E-state index is 12.1. The molecule has 0 aliphatic heterocycles. The summed E-state index contributed by atoms with van der Waals surface area (Å²) in [5.41, 5.74) is 1.50. The van der Waals surface area contributed by atoms with Crippen molar-refractivity contribution in [2.45, 2.75) is 13.5 Å². The summed E-state index contributed by atoms with van der Waals surface area (Å²) in [5.74, 6) is 2.38. The van der Waals surface area contributed by atoms with E-state index in [-0.39, 0.29) is 6.03 Å². The number of rotatable bonds is 8. The van der Waals surface area contributed by atoms with Gasteiger partial charge in [0.25, 0.3) is 0 Å². The summed E-state index contributed by atoms with van der Waals surface area (Å²) < 4.78 is 21.4.